The molecule has 1 saturated carbocycles. The molecule has 0 spiro atoms. The van der Waals surface area contributed by atoms with E-state index in [0.29, 0.717) is 18.1 Å². The summed E-state index contributed by atoms with van der Waals surface area (Å²) in [5.74, 6) is 0.667. The minimum atomic E-state index is 0.397. The molecule has 2 fully saturated rings. The molecule has 2 rings (SSSR count). The molecule has 0 aromatic carbocycles. The van der Waals surface area contributed by atoms with E-state index >= 15 is 0 Å². The van der Waals surface area contributed by atoms with E-state index in [9.17, 15) is 0 Å². The normalized spacial score (nSPS) is 34.8. The largest absolute Gasteiger partial charge is 0.374 e. The maximum Gasteiger partial charge on any atom is 0.191 e. The lowest BCUT2D eigenvalue weighted by Gasteiger charge is -2.38. The number of guanidine groups is 1. The minimum Gasteiger partial charge on any atom is -0.374 e. The second-order valence-electron chi connectivity index (χ2n) is 3.68. The van der Waals surface area contributed by atoms with Crippen molar-refractivity contribution < 1.29 is 4.74 Å². The number of nitrogens with two attached hydrogens (primary N) is 1. The number of morpholine rings is 1. The third-order valence-electron chi connectivity index (χ3n) is 3.01. The maximum atomic E-state index is 5.82. The molecular formula is C9H17N3O. The van der Waals surface area contributed by atoms with Crippen molar-refractivity contribution in [3.63, 3.8) is 0 Å². The first kappa shape index (κ1) is 8.81. The molecule has 2 N–H and O–H groups in total. The van der Waals surface area contributed by atoms with E-state index in [1.54, 1.807) is 7.05 Å². The fraction of sp³-hybridized carbons (Fsp3) is 0.889. The van der Waals surface area contributed by atoms with Gasteiger partial charge in [-0.25, -0.2) is 0 Å². The molecule has 1 aliphatic heterocycles. The van der Waals surface area contributed by atoms with Crippen LogP contribution >= 0.6 is 0 Å². The van der Waals surface area contributed by atoms with Crippen LogP contribution in [0.3, 0.4) is 0 Å². The molecule has 4 nitrogen and oxygen atoms in total. The number of ether oxygens (including phenoxy) is 1. The Morgan fingerprint density at radius 2 is 2.38 bits per heavy atom. The third-order valence-corrected chi connectivity index (χ3v) is 3.01. The van der Waals surface area contributed by atoms with Crippen molar-refractivity contribution >= 4 is 5.96 Å². The lowest BCUT2D eigenvalue weighted by atomic mass is 10.1. The molecule has 2 atom stereocenters. The summed E-state index contributed by atoms with van der Waals surface area (Å²) in [5, 5.41) is 0. The van der Waals surface area contributed by atoms with Crippen molar-refractivity contribution in [2.24, 2.45) is 10.7 Å². The molecule has 13 heavy (non-hydrogen) atoms. The van der Waals surface area contributed by atoms with Crippen LogP contribution < -0.4 is 5.73 Å². The van der Waals surface area contributed by atoms with E-state index in [0.717, 1.165) is 13.2 Å². The van der Waals surface area contributed by atoms with Gasteiger partial charge in [-0.05, 0) is 19.3 Å². The zero-order chi connectivity index (χ0) is 9.26. The highest BCUT2D eigenvalue weighted by Gasteiger charge is 2.36. The molecule has 0 bridgehead atoms. The predicted molar refractivity (Wildman–Crippen MR) is 51.6 cm³/mol. The van der Waals surface area contributed by atoms with Crippen LogP contribution in [0, 0.1) is 0 Å². The Morgan fingerprint density at radius 1 is 1.54 bits per heavy atom. The average Bonchev–Trinajstić information content (AvgIpc) is 2.63. The Bertz CT molecular complexity index is 217. The van der Waals surface area contributed by atoms with Crippen LogP contribution in [0.2, 0.25) is 0 Å². The summed E-state index contributed by atoms with van der Waals surface area (Å²) in [6.45, 7) is 1.68. The van der Waals surface area contributed by atoms with Crippen LogP contribution in [0.4, 0.5) is 0 Å². The second-order valence-corrected chi connectivity index (χ2v) is 3.68. The minimum absolute atomic E-state index is 0.397. The number of rotatable bonds is 0. The Balaban J connectivity index is 2.09. The lowest BCUT2D eigenvalue weighted by Crippen LogP contribution is -2.53. The quantitative estimate of drug-likeness (QED) is 0.430. The van der Waals surface area contributed by atoms with Crippen molar-refractivity contribution in [1.29, 1.82) is 0 Å². The highest BCUT2D eigenvalue weighted by molar-refractivity contribution is 5.78. The van der Waals surface area contributed by atoms with E-state index < -0.39 is 0 Å². The Labute approximate surface area is 78.8 Å². The first-order valence-corrected chi connectivity index (χ1v) is 4.93. The summed E-state index contributed by atoms with van der Waals surface area (Å²) in [5.41, 5.74) is 5.82. The fourth-order valence-corrected chi connectivity index (χ4v) is 2.34. The Hall–Kier alpha value is -0.770. The molecule has 2 unspecified atom stereocenters. The van der Waals surface area contributed by atoms with Gasteiger partial charge >= 0.3 is 0 Å². The van der Waals surface area contributed by atoms with Crippen LogP contribution in [0.25, 0.3) is 0 Å². The maximum absolute atomic E-state index is 5.82. The molecule has 74 valence electrons. The van der Waals surface area contributed by atoms with Crippen LogP contribution in [0.15, 0.2) is 4.99 Å². The molecule has 0 aromatic heterocycles. The van der Waals surface area contributed by atoms with Gasteiger partial charge in [0.2, 0.25) is 0 Å². The van der Waals surface area contributed by atoms with Gasteiger partial charge in [-0.2, -0.15) is 0 Å². The zero-order valence-corrected chi connectivity index (χ0v) is 8.07. The number of hydrogen-bond donors (Lipinski definition) is 1. The van der Waals surface area contributed by atoms with Crippen LogP contribution in [-0.4, -0.2) is 43.2 Å². The van der Waals surface area contributed by atoms with Crippen LogP contribution in [-0.2, 0) is 4.74 Å². The average molecular weight is 183 g/mol. The Morgan fingerprint density at radius 3 is 3.15 bits per heavy atom. The van der Waals surface area contributed by atoms with E-state index in [1.807, 2.05) is 0 Å². The van der Waals surface area contributed by atoms with Crippen molar-refractivity contribution in [3.05, 3.63) is 0 Å². The first-order valence-electron chi connectivity index (χ1n) is 4.93. The van der Waals surface area contributed by atoms with Gasteiger partial charge < -0.3 is 15.4 Å². The molecule has 1 saturated heterocycles. The third kappa shape index (κ3) is 1.50. The number of nitrogens with zero attached hydrogens (tertiary/aromatic N) is 2. The summed E-state index contributed by atoms with van der Waals surface area (Å²) >= 11 is 0. The fourth-order valence-electron chi connectivity index (χ4n) is 2.34. The van der Waals surface area contributed by atoms with Gasteiger partial charge in [0, 0.05) is 13.6 Å². The molecular weight excluding hydrogens is 166 g/mol. The number of hydrogen-bond acceptors (Lipinski definition) is 2. The second kappa shape index (κ2) is 3.54. The first-order chi connectivity index (χ1) is 6.33. The van der Waals surface area contributed by atoms with Gasteiger partial charge in [0.05, 0.1) is 18.8 Å². The molecule has 0 aromatic rings. The van der Waals surface area contributed by atoms with Gasteiger partial charge in [0.25, 0.3) is 0 Å². The molecule has 1 heterocycles. The number of aliphatic imine (C=N–C) groups is 1. The van der Waals surface area contributed by atoms with E-state index in [2.05, 4.69) is 9.89 Å². The summed E-state index contributed by atoms with van der Waals surface area (Å²) in [6, 6.07) is 0.484. The summed E-state index contributed by atoms with van der Waals surface area (Å²) in [6.07, 6.45) is 4.02. The SMILES string of the molecule is CN=C(N)N1CCOC2CCCC21. The molecule has 4 heteroatoms. The lowest BCUT2D eigenvalue weighted by molar-refractivity contribution is -0.0297. The van der Waals surface area contributed by atoms with Crippen molar-refractivity contribution in [1.82, 2.24) is 4.90 Å². The standard InChI is InChI=1S/C9H17N3O/c1-11-9(10)12-5-6-13-8-4-2-3-7(8)12/h7-8H,2-6H2,1H3,(H2,10,11). The van der Waals surface area contributed by atoms with Gasteiger partial charge in [0.1, 0.15) is 0 Å². The van der Waals surface area contributed by atoms with Crippen LogP contribution in [0.5, 0.6) is 0 Å². The highest BCUT2D eigenvalue weighted by Crippen LogP contribution is 2.29. The molecule has 1 aliphatic carbocycles. The van der Waals surface area contributed by atoms with Crippen molar-refractivity contribution in [3.8, 4) is 0 Å². The van der Waals surface area contributed by atoms with E-state index in [1.165, 1.54) is 19.3 Å². The summed E-state index contributed by atoms with van der Waals surface area (Å²) in [4.78, 5) is 6.23. The van der Waals surface area contributed by atoms with Gasteiger partial charge in [-0.1, -0.05) is 0 Å². The molecule has 0 radical (unpaired) electrons. The molecule has 0 amide bonds. The van der Waals surface area contributed by atoms with Crippen molar-refractivity contribution in [2.75, 3.05) is 20.2 Å². The Kier molecular flexibility index (Phi) is 2.40. The summed E-state index contributed by atoms with van der Waals surface area (Å²) < 4.78 is 5.67. The van der Waals surface area contributed by atoms with Crippen molar-refractivity contribution in [2.45, 2.75) is 31.4 Å². The monoisotopic (exact) mass is 183 g/mol. The van der Waals surface area contributed by atoms with Gasteiger partial charge in [0.15, 0.2) is 5.96 Å². The smallest absolute Gasteiger partial charge is 0.191 e. The topological polar surface area (TPSA) is 50.8 Å². The van der Waals surface area contributed by atoms with E-state index in [-0.39, 0.29) is 0 Å². The predicted octanol–water partition coefficient (Wildman–Crippen LogP) is 0.184. The number of fused-ring (bicyclic) bond motifs is 1. The van der Waals surface area contributed by atoms with Gasteiger partial charge in [-0.15, -0.1) is 0 Å². The summed E-state index contributed by atoms with van der Waals surface area (Å²) in [7, 11) is 1.74. The zero-order valence-electron chi connectivity index (χ0n) is 8.07. The molecule has 2 aliphatic rings. The van der Waals surface area contributed by atoms with Gasteiger partial charge in [-0.3, -0.25) is 4.99 Å². The van der Waals surface area contributed by atoms with Crippen LogP contribution in [0.1, 0.15) is 19.3 Å². The highest BCUT2D eigenvalue weighted by atomic mass is 16.5. The van der Waals surface area contributed by atoms with E-state index in [4.69, 9.17) is 10.5 Å².